The molecule has 1 saturated heterocycles. The molecule has 0 radical (unpaired) electrons. The minimum atomic E-state index is 0.504. The molecule has 1 fully saturated rings. The van der Waals surface area contributed by atoms with Crippen molar-refractivity contribution in [1.82, 2.24) is 14.3 Å². The Kier molecular flexibility index (Phi) is 2.88. The molecule has 0 saturated carbocycles. The minimum Gasteiger partial charge on any atom is -0.306 e. The Morgan fingerprint density at radius 2 is 2.44 bits per heavy atom. The van der Waals surface area contributed by atoms with Crippen molar-refractivity contribution in [3.63, 3.8) is 0 Å². The standard InChI is InChI=1S/C14H17N3O/c1-2-16-7-5-11(8-16)13-9-17-6-3-4-12(10-18)14(17)15-13/h3-4,6,9-11H,2,5,7-8H2,1H3. The maximum atomic E-state index is 11.0. The lowest BCUT2D eigenvalue weighted by Gasteiger charge is -2.11. The number of fused-ring (bicyclic) bond motifs is 1. The van der Waals surface area contributed by atoms with Crippen molar-refractivity contribution in [1.29, 1.82) is 0 Å². The van der Waals surface area contributed by atoms with Gasteiger partial charge in [-0.2, -0.15) is 0 Å². The average Bonchev–Trinajstić information content (AvgIpc) is 3.03. The van der Waals surface area contributed by atoms with Crippen LogP contribution in [0.4, 0.5) is 0 Å². The highest BCUT2D eigenvalue weighted by atomic mass is 16.1. The van der Waals surface area contributed by atoms with Crippen LogP contribution in [0, 0.1) is 0 Å². The van der Waals surface area contributed by atoms with Crippen LogP contribution in [0.2, 0.25) is 0 Å². The number of imidazole rings is 1. The number of rotatable bonds is 3. The molecular formula is C14H17N3O. The zero-order valence-corrected chi connectivity index (χ0v) is 10.5. The van der Waals surface area contributed by atoms with E-state index in [9.17, 15) is 4.79 Å². The maximum absolute atomic E-state index is 11.0. The van der Waals surface area contributed by atoms with Gasteiger partial charge in [0, 0.05) is 24.9 Å². The lowest BCUT2D eigenvalue weighted by molar-refractivity contribution is 0.112. The van der Waals surface area contributed by atoms with Gasteiger partial charge in [0.25, 0.3) is 0 Å². The van der Waals surface area contributed by atoms with E-state index >= 15 is 0 Å². The minimum absolute atomic E-state index is 0.504. The number of carbonyl (C=O) groups excluding carboxylic acids is 1. The van der Waals surface area contributed by atoms with Crippen LogP contribution in [0.5, 0.6) is 0 Å². The van der Waals surface area contributed by atoms with Gasteiger partial charge in [-0.05, 0) is 31.6 Å². The summed E-state index contributed by atoms with van der Waals surface area (Å²) in [7, 11) is 0. The van der Waals surface area contributed by atoms with Gasteiger partial charge in [0.2, 0.25) is 0 Å². The number of hydrogen-bond donors (Lipinski definition) is 0. The molecule has 1 aliphatic heterocycles. The highest BCUT2D eigenvalue weighted by molar-refractivity contribution is 5.84. The molecule has 0 N–H and O–H groups in total. The van der Waals surface area contributed by atoms with Crippen molar-refractivity contribution in [3.05, 3.63) is 35.8 Å². The van der Waals surface area contributed by atoms with E-state index in [4.69, 9.17) is 0 Å². The van der Waals surface area contributed by atoms with Gasteiger partial charge < -0.3 is 9.30 Å². The van der Waals surface area contributed by atoms with E-state index in [1.807, 2.05) is 22.7 Å². The molecule has 0 bridgehead atoms. The first-order valence-electron chi connectivity index (χ1n) is 6.47. The van der Waals surface area contributed by atoms with E-state index in [1.54, 1.807) is 0 Å². The van der Waals surface area contributed by atoms with Crippen molar-refractivity contribution in [2.45, 2.75) is 19.3 Å². The van der Waals surface area contributed by atoms with Crippen molar-refractivity contribution in [2.24, 2.45) is 0 Å². The van der Waals surface area contributed by atoms with E-state index in [2.05, 4.69) is 23.0 Å². The third-order valence-corrected chi connectivity index (χ3v) is 3.80. The van der Waals surface area contributed by atoms with E-state index < -0.39 is 0 Å². The third kappa shape index (κ3) is 1.82. The molecule has 1 unspecified atom stereocenters. The molecule has 2 aromatic rings. The Bertz CT molecular complexity index is 575. The maximum Gasteiger partial charge on any atom is 0.153 e. The Morgan fingerprint density at radius 1 is 1.56 bits per heavy atom. The fraction of sp³-hybridized carbons (Fsp3) is 0.429. The summed E-state index contributed by atoms with van der Waals surface area (Å²) < 4.78 is 1.95. The van der Waals surface area contributed by atoms with Gasteiger partial charge in [-0.1, -0.05) is 6.92 Å². The lowest BCUT2D eigenvalue weighted by Crippen LogP contribution is -2.19. The first-order chi connectivity index (χ1) is 8.81. The quantitative estimate of drug-likeness (QED) is 0.773. The molecule has 2 aromatic heterocycles. The van der Waals surface area contributed by atoms with Crippen molar-refractivity contribution in [2.75, 3.05) is 19.6 Å². The van der Waals surface area contributed by atoms with Gasteiger partial charge in [-0.25, -0.2) is 4.98 Å². The van der Waals surface area contributed by atoms with Crippen LogP contribution in [0.3, 0.4) is 0 Å². The van der Waals surface area contributed by atoms with Crippen LogP contribution >= 0.6 is 0 Å². The smallest absolute Gasteiger partial charge is 0.153 e. The molecule has 18 heavy (non-hydrogen) atoms. The molecule has 1 atom stereocenters. The summed E-state index contributed by atoms with van der Waals surface area (Å²) in [5, 5.41) is 0. The highest BCUT2D eigenvalue weighted by Gasteiger charge is 2.24. The monoisotopic (exact) mass is 243 g/mol. The molecule has 94 valence electrons. The molecule has 0 aromatic carbocycles. The van der Waals surface area contributed by atoms with Crippen LogP contribution in [0.25, 0.3) is 5.65 Å². The van der Waals surface area contributed by atoms with Crippen LogP contribution in [-0.2, 0) is 0 Å². The summed E-state index contributed by atoms with van der Waals surface area (Å²) >= 11 is 0. The SMILES string of the molecule is CCN1CCC(c2cn3cccc(C=O)c3n2)C1. The van der Waals surface area contributed by atoms with Crippen LogP contribution in [0.15, 0.2) is 24.5 Å². The van der Waals surface area contributed by atoms with Crippen molar-refractivity contribution >= 4 is 11.9 Å². The van der Waals surface area contributed by atoms with Gasteiger partial charge in [0.15, 0.2) is 6.29 Å². The van der Waals surface area contributed by atoms with Crippen LogP contribution in [-0.4, -0.2) is 40.2 Å². The van der Waals surface area contributed by atoms with Crippen molar-refractivity contribution in [3.8, 4) is 0 Å². The van der Waals surface area contributed by atoms with Gasteiger partial charge in [-0.15, -0.1) is 0 Å². The second-order valence-corrected chi connectivity index (χ2v) is 4.86. The topological polar surface area (TPSA) is 37.6 Å². The van der Waals surface area contributed by atoms with Gasteiger partial charge >= 0.3 is 0 Å². The summed E-state index contributed by atoms with van der Waals surface area (Å²) in [5.41, 5.74) is 2.55. The number of nitrogens with zero attached hydrogens (tertiary/aromatic N) is 3. The van der Waals surface area contributed by atoms with Crippen molar-refractivity contribution < 1.29 is 4.79 Å². The predicted octanol–water partition coefficient (Wildman–Crippen LogP) is 1.96. The normalized spacial score (nSPS) is 20.6. The first-order valence-corrected chi connectivity index (χ1v) is 6.47. The molecule has 4 heteroatoms. The van der Waals surface area contributed by atoms with Crippen LogP contribution in [0.1, 0.15) is 35.3 Å². The fourth-order valence-electron chi connectivity index (χ4n) is 2.70. The molecule has 3 heterocycles. The Morgan fingerprint density at radius 3 is 3.17 bits per heavy atom. The third-order valence-electron chi connectivity index (χ3n) is 3.80. The zero-order valence-electron chi connectivity index (χ0n) is 10.5. The summed E-state index contributed by atoms with van der Waals surface area (Å²) in [6, 6.07) is 3.70. The van der Waals surface area contributed by atoms with E-state index in [-0.39, 0.29) is 0 Å². The number of aromatic nitrogens is 2. The second kappa shape index (κ2) is 4.53. The molecule has 0 aliphatic carbocycles. The molecule has 1 aliphatic rings. The fourth-order valence-corrected chi connectivity index (χ4v) is 2.70. The molecule has 0 spiro atoms. The number of aldehydes is 1. The summed E-state index contributed by atoms with van der Waals surface area (Å²) in [4.78, 5) is 18.1. The Balaban J connectivity index is 1.96. The highest BCUT2D eigenvalue weighted by Crippen LogP contribution is 2.26. The molecule has 3 rings (SSSR count). The number of carbonyl (C=O) groups is 1. The van der Waals surface area contributed by atoms with E-state index in [0.29, 0.717) is 11.5 Å². The van der Waals surface area contributed by atoms with E-state index in [0.717, 1.165) is 43.7 Å². The summed E-state index contributed by atoms with van der Waals surface area (Å²) in [6.07, 6.45) is 6.05. The second-order valence-electron chi connectivity index (χ2n) is 4.86. The number of likely N-dealkylation sites (tertiary alicyclic amines) is 1. The van der Waals surface area contributed by atoms with Crippen LogP contribution < -0.4 is 0 Å². The van der Waals surface area contributed by atoms with Gasteiger partial charge in [-0.3, -0.25) is 4.79 Å². The molecule has 4 nitrogen and oxygen atoms in total. The Hall–Kier alpha value is -1.68. The number of likely N-dealkylation sites (N-methyl/N-ethyl adjacent to an activating group) is 1. The number of hydrogen-bond acceptors (Lipinski definition) is 3. The predicted molar refractivity (Wildman–Crippen MR) is 70.1 cm³/mol. The molecule has 0 amide bonds. The van der Waals surface area contributed by atoms with Gasteiger partial charge in [0.05, 0.1) is 11.3 Å². The van der Waals surface area contributed by atoms with Gasteiger partial charge in [0.1, 0.15) is 5.65 Å². The summed E-state index contributed by atoms with van der Waals surface area (Å²) in [6.45, 7) is 5.52. The van der Waals surface area contributed by atoms with E-state index in [1.165, 1.54) is 0 Å². The average molecular weight is 243 g/mol. The lowest BCUT2D eigenvalue weighted by atomic mass is 10.1. The Labute approximate surface area is 106 Å². The zero-order chi connectivity index (χ0) is 12.5. The largest absolute Gasteiger partial charge is 0.306 e. The first kappa shape index (κ1) is 11.4. The molecular weight excluding hydrogens is 226 g/mol. The summed E-state index contributed by atoms with van der Waals surface area (Å²) in [5.74, 6) is 0.504. The number of pyridine rings is 1.